The summed E-state index contributed by atoms with van der Waals surface area (Å²) in [7, 11) is 0. The molecule has 0 N–H and O–H groups in total. The zero-order chi connectivity index (χ0) is 22.4. The lowest BCUT2D eigenvalue weighted by Gasteiger charge is -2.30. The molecule has 0 saturated carbocycles. The second-order valence-electron chi connectivity index (χ2n) is 7.78. The van der Waals surface area contributed by atoms with Crippen LogP contribution in [-0.4, -0.2) is 34.2 Å². The van der Waals surface area contributed by atoms with Gasteiger partial charge in [0, 0.05) is 18.2 Å². The van der Waals surface area contributed by atoms with Gasteiger partial charge in [0.1, 0.15) is 23.9 Å². The van der Waals surface area contributed by atoms with Crippen molar-refractivity contribution >= 4 is 11.8 Å². The van der Waals surface area contributed by atoms with Crippen molar-refractivity contribution in [3.63, 3.8) is 0 Å². The van der Waals surface area contributed by atoms with E-state index >= 15 is 0 Å². The van der Waals surface area contributed by atoms with Crippen molar-refractivity contribution in [2.24, 2.45) is 0 Å². The molecule has 0 spiro atoms. The number of hydrogen-bond donors (Lipinski definition) is 0. The number of amides is 2. The lowest BCUT2D eigenvalue weighted by molar-refractivity contribution is -0.133. The second kappa shape index (κ2) is 10.1. The highest BCUT2D eigenvalue weighted by molar-refractivity contribution is 5.96. The van der Waals surface area contributed by atoms with E-state index in [1.165, 1.54) is 29.2 Å². The molecule has 0 radical (unpaired) electrons. The summed E-state index contributed by atoms with van der Waals surface area (Å²) in [5.74, 6) is 0.547. The van der Waals surface area contributed by atoms with Gasteiger partial charge in [-0.25, -0.2) is 4.39 Å². The highest BCUT2D eigenvalue weighted by atomic mass is 19.1. The van der Waals surface area contributed by atoms with Crippen molar-refractivity contribution < 1.29 is 18.4 Å². The van der Waals surface area contributed by atoms with Crippen molar-refractivity contribution in [1.82, 2.24) is 9.80 Å². The normalized spacial score (nSPS) is 10.9. The van der Waals surface area contributed by atoms with Crippen LogP contribution in [0.2, 0.25) is 0 Å². The minimum atomic E-state index is -0.411. The van der Waals surface area contributed by atoms with Crippen LogP contribution in [0.15, 0.2) is 71.1 Å². The monoisotopic (exact) mass is 422 g/mol. The predicted octanol–water partition coefficient (Wildman–Crippen LogP) is 4.81. The Balaban J connectivity index is 1.80. The van der Waals surface area contributed by atoms with Crippen LogP contribution < -0.4 is 0 Å². The molecule has 0 atom stereocenters. The van der Waals surface area contributed by atoms with E-state index in [-0.39, 0.29) is 24.4 Å². The molecule has 162 valence electrons. The molecule has 2 amide bonds. The summed E-state index contributed by atoms with van der Waals surface area (Å²) in [5.41, 5.74) is 1.33. The lowest BCUT2D eigenvalue weighted by atomic mass is 10.1. The molecular formula is C25H27FN2O3. The van der Waals surface area contributed by atoms with Gasteiger partial charge in [-0.1, -0.05) is 30.3 Å². The Morgan fingerprint density at radius 2 is 1.61 bits per heavy atom. The third-order valence-corrected chi connectivity index (χ3v) is 4.99. The summed E-state index contributed by atoms with van der Waals surface area (Å²) in [5, 5.41) is 0. The predicted molar refractivity (Wildman–Crippen MR) is 117 cm³/mol. The van der Waals surface area contributed by atoms with Crippen LogP contribution in [0, 0.1) is 12.7 Å². The number of nitrogens with zero attached hydrogens (tertiary/aromatic N) is 2. The number of hydrogen-bond acceptors (Lipinski definition) is 3. The van der Waals surface area contributed by atoms with E-state index in [0.717, 1.165) is 11.3 Å². The van der Waals surface area contributed by atoms with E-state index in [1.54, 1.807) is 4.90 Å². The average Bonchev–Trinajstić information content (AvgIpc) is 3.16. The van der Waals surface area contributed by atoms with E-state index in [4.69, 9.17) is 4.42 Å². The topological polar surface area (TPSA) is 53.8 Å². The summed E-state index contributed by atoms with van der Waals surface area (Å²) in [6.45, 7) is 6.18. The van der Waals surface area contributed by atoms with Gasteiger partial charge in [0.25, 0.3) is 5.91 Å². The SMILES string of the molecule is Cc1ccc(CN(Cc2ccccc2)C(=O)CN(C(=O)c2ccc(F)cc2)C(C)C)o1. The molecule has 0 aliphatic rings. The molecule has 3 rings (SSSR count). The van der Waals surface area contributed by atoms with Crippen LogP contribution in [0.4, 0.5) is 4.39 Å². The van der Waals surface area contributed by atoms with Gasteiger partial charge in [-0.15, -0.1) is 0 Å². The van der Waals surface area contributed by atoms with Crippen molar-refractivity contribution in [1.29, 1.82) is 0 Å². The van der Waals surface area contributed by atoms with Gasteiger partial charge in [-0.2, -0.15) is 0 Å². The molecule has 3 aromatic rings. The van der Waals surface area contributed by atoms with Crippen LogP contribution >= 0.6 is 0 Å². The molecular weight excluding hydrogens is 395 g/mol. The molecule has 0 bridgehead atoms. The van der Waals surface area contributed by atoms with Crippen LogP contribution in [0.3, 0.4) is 0 Å². The third-order valence-electron chi connectivity index (χ3n) is 4.99. The first-order valence-electron chi connectivity index (χ1n) is 10.3. The molecule has 0 aliphatic carbocycles. The van der Waals surface area contributed by atoms with Gasteiger partial charge in [0.2, 0.25) is 5.91 Å². The van der Waals surface area contributed by atoms with Crippen molar-refractivity contribution in [3.8, 4) is 0 Å². The number of halogens is 1. The molecule has 0 saturated heterocycles. The van der Waals surface area contributed by atoms with Crippen LogP contribution in [0.1, 0.15) is 41.3 Å². The smallest absolute Gasteiger partial charge is 0.254 e. The lowest BCUT2D eigenvalue weighted by Crippen LogP contribution is -2.45. The van der Waals surface area contributed by atoms with E-state index in [2.05, 4.69) is 0 Å². The summed E-state index contributed by atoms with van der Waals surface area (Å²) >= 11 is 0. The Morgan fingerprint density at radius 3 is 2.19 bits per heavy atom. The number of carbonyl (C=O) groups excluding carboxylic acids is 2. The van der Waals surface area contributed by atoms with E-state index in [0.29, 0.717) is 24.4 Å². The fraction of sp³-hybridized carbons (Fsp3) is 0.280. The Morgan fingerprint density at radius 1 is 0.935 bits per heavy atom. The van der Waals surface area contributed by atoms with Gasteiger partial charge < -0.3 is 14.2 Å². The van der Waals surface area contributed by atoms with Crippen LogP contribution in [0.25, 0.3) is 0 Å². The summed E-state index contributed by atoms with van der Waals surface area (Å²) in [4.78, 5) is 29.5. The summed E-state index contributed by atoms with van der Waals surface area (Å²) in [6, 6.07) is 18.6. The first-order valence-corrected chi connectivity index (χ1v) is 10.3. The third kappa shape index (κ3) is 6.04. The van der Waals surface area contributed by atoms with Crippen molar-refractivity contribution in [2.75, 3.05) is 6.54 Å². The number of furan rings is 1. The first-order chi connectivity index (χ1) is 14.8. The van der Waals surface area contributed by atoms with E-state index in [1.807, 2.05) is 63.2 Å². The van der Waals surface area contributed by atoms with Crippen LogP contribution in [0.5, 0.6) is 0 Å². The standard InChI is InChI=1S/C25H27FN2O3/c1-18(2)28(25(30)21-10-12-22(26)13-11-21)17-24(29)27(15-20-7-5-4-6-8-20)16-23-14-9-19(3)31-23/h4-14,18H,15-17H2,1-3H3. The second-order valence-corrected chi connectivity index (χ2v) is 7.78. The van der Waals surface area contributed by atoms with E-state index < -0.39 is 5.82 Å². The minimum Gasteiger partial charge on any atom is -0.464 e. The van der Waals surface area contributed by atoms with Gasteiger partial charge in [-0.3, -0.25) is 9.59 Å². The quantitative estimate of drug-likeness (QED) is 0.524. The zero-order valence-corrected chi connectivity index (χ0v) is 18.0. The first kappa shape index (κ1) is 22.3. The largest absolute Gasteiger partial charge is 0.464 e. The maximum absolute atomic E-state index is 13.3. The van der Waals surface area contributed by atoms with Gasteiger partial charge in [0.15, 0.2) is 0 Å². The van der Waals surface area contributed by atoms with Gasteiger partial charge in [-0.05, 0) is 62.7 Å². The molecule has 1 aromatic heterocycles. The molecule has 0 aliphatic heterocycles. The number of benzene rings is 2. The Kier molecular flexibility index (Phi) is 7.23. The molecule has 31 heavy (non-hydrogen) atoms. The fourth-order valence-corrected chi connectivity index (χ4v) is 3.29. The molecule has 0 fully saturated rings. The summed E-state index contributed by atoms with van der Waals surface area (Å²) < 4.78 is 18.9. The highest BCUT2D eigenvalue weighted by Gasteiger charge is 2.25. The number of carbonyl (C=O) groups is 2. The van der Waals surface area contributed by atoms with E-state index in [9.17, 15) is 14.0 Å². The number of rotatable bonds is 8. The minimum absolute atomic E-state index is 0.0829. The Hall–Kier alpha value is -3.41. The average molecular weight is 423 g/mol. The fourth-order valence-electron chi connectivity index (χ4n) is 3.29. The number of aryl methyl sites for hydroxylation is 1. The van der Waals surface area contributed by atoms with Crippen molar-refractivity contribution in [2.45, 2.75) is 39.9 Å². The van der Waals surface area contributed by atoms with Gasteiger partial charge in [0.05, 0.1) is 6.54 Å². The molecule has 6 heteroatoms. The van der Waals surface area contributed by atoms with Crippen molar-refractivity contribution in [3.05, 3.63) is 95.2 Å². The van der Waals surface area contributed by atoms with Gasteiger partial charge >= 0.3 is 0 Å². The summed E-state index contributed by atoms with van der Waals surface area (Å²) in [6.07, 6.45) is 0. The molecule has 2 aromatic carbocycles. The zero-order valence-electron chi connectivity index (χ0n) is 18.0. The molecule has 0 unspecified atom stereocenters. The molecule has 5 nitrogen and oxygen atoms in total. The maximum Gasteiger partial charge on any atom is 0.254 e. The molecule has 1 heterocycles. The highest BCUT2D eigenvalue weighted by Crippen LogP contribution is 2.15. The Bertz CT molecular complexity index is 1010. The Labute approximate surface area is 182 Å². The maximum atomic E-state index is 13.3. The van der Waals surface area contributed by atoms with Crippen LogP contribution in [-0.2, 0) is 17.9 Å².